The van der Waals surface area contributed by atoms with E-state index in [1.807, 2.05) is 0 Å². The molecule has 0 saturated carbocycles. The van der Waals surface area contributed by atoms with E-state index in [4.69, 9.17) is 9.15 Å². The molecule has 0 amide bonds. The topological polar surface area (TPSA) is 34.4 Å². The Morgan fingerprint density at radius 3 is 2.76 bits per heavy atom. The van der Waals surface area contributed by atoms with Crippen molar-refractivity contribution in [2.24, 2.45) is 5.92 Å². The summed E-state index contributed by atoms with van der Waals surface area (Å²) in [6.07, 6.45) is 1.95. The van der Waals surface area contributed by atoms with Gasteiger partial charge in [-0.3, -0.25) is 0 Å². The molecule has 0 fully saturated rings. The summed E-state index contributed by atoms with van der Waals surface area (Å²) in [7, 11) is 1.74. The molecule has 0 aliphatic rings. The number of ether oxygens (including phenoxy) is 1. The molecule has 0 unspecified atom stereocenters. The van der Waals surface area contributed by atoms with Crippen LogP contribution in [0.5, 0.6) is 0 Å². The van der Waals surface area contributed by atoms with E-state index in [0.717, 1.165) is 43.9 Å². The third kappa shape index (κ3) is 4.08. The van der Waals surface area contributed by atoms with Gasteiger partial charge >= 0.3 is 0 Å². The zero-order chi connectivity index (χ0) is 15.2. The third-order valence-corrected chi connectivity index (χ3v) is 3.73. The summed E-state index contributed by atoms with van der Waals surface area (Å²) in [5.41, 5.74) is 3.64. The lowest BCUT2D eigenvalue weighted by Gasteiger charge is -2.06. The number of benzene rings is 1. The van der Waals surface area contributed by atoms with Crippen LogP contribution in [0.2, 0.25) is 0 Å². The van der Waals surface area contributed by atoms with Gasteiger partial charge in [-0.2, -0.15) is 0 Å². The molecular formula is C18H27NO2. The molecule has 0 bridgehead atoms. The highest BCUT2D eigenvalue weighted by atomic mass is 16.5. The van der Waals surface area contributed by atoms with Gasteiger partial charge in [0, 0.05) is 18.1 Å². The predicted octanol–water partition coefficient (Wildman–Crippen LogP) is 3.93. The monoisotopic (exact) mass is 289 g/mol. The highest BCUT2D eigenvalue weighted by Crippen LogP contribution is 2.27. The minimum Gasteiger partial charge on any atom is -0.459 e. The molecule has 0 radical (unpaired) electrons. The summed E-state index contributed by atoms with van der Waals surface area (Å²) in [5.74, 6) is 1.73. The largest absolute Gasteiger partial charge is 0.459 e. The molecule has 0 spiro atoms. The Labute approximate surface area is 127 Å². The molecule has 1 N–H and O–H groups in total. The molecule has 1 heterocycles. The number of hydrogen-bond donors (Lipinski definition) is 1. The van der Waals surface area contributed by atoms with Gasteiger partial charge in [0.1, 0.15) is 11.3 Å². The summed E-state index contributed by atoms with van der Waals surface area (Å²) >= 11 is 0. The van der Waals surface area contributed by atoms with Gasteiger partial charge in [-0.25, -0.2) is 0 Å². The molecule has 1 aromatic carbocycles. The fourth-order valence-electron chi connectivity index (χ4n) is 2.63. The lowest BCUT2D eigenvalue weighted by Crippen LogP contribution is -2.19. The van der Waals surface area contributed by atoms with Gasteiger partial charge in [-0.15, -0.1) is 0 Å². The number of rotatable bonds is 8. The second-order valence-corrected chi connectivity index (χ2v) is 5.96. The lowest BCUT2D eigenvalue weighted by atomic mass is 10.0. The number of aryl methyl sites for hydroxylation is 1. The molecule has 21 heavy (non-hydrogen) atoms. The fourth-order valence-corrected chi connectivity index (χ4v) is 2.63. The van der Waals surface area contributed by atoms with Crippen LogP contribution in [0, 0.1) is 5.92 Å². The maximum absolute atomic E-state index is 6.04. The lowest BCUT2D eigenvalue weighted by molar-refractivity contribution is 0.202. The summed E-state index contributed by atoms with van der Waals surface area (Å²) < 4.78 is 11.2. The second-order valence-electron chi connectivity index (χ2n) is 5.96. The average molecular weight is 289 g/mol. The minimum atomic E-state index is 0.653. The van der Waals surface area contributed by atoms with E-state index in [1.165, 1.54) is 16.5 Å². The second kappa shape index (κ2) is 7.62. The van der Waals surface area contributed by atoms with Crippen LogP contribution in [0.3, 0.4) is 0 Å². The maximum Gasteiger partial charge on any atom is 0.134 e. The van der Waals surface area contributed by atoms with Gasteiger partial charge in [0.2, 0.25) is 0 Å². The van der Waals surface area contributed by atoms with Crippen molar-refractivity contribution in [2.45, 2.75) is 40.2 Å². The molecule has 2 aromatic rings. The minimum absolute atomic E-state index is 0.653. The molecule has 2 rings (SSSR count). The van der Waals surface area contributed by atoms with E-state index in [9.17, 15) is 0 Å². The van der Waals surface area contributed by atoms with Crippen molar-refractivity contribution in [1.29, 1.82) is 0 Å². The molecule has 0 saturated heterocycles. The van der Waals surface area contributed by atoms with Crippen LogP contribution >= 0.6 is 0 Å². The number of furan rings is 1. The summed E-state index contributed by atoms with van der Waals surface area (Å²) in [6, 6.07) is 6.48. The Bertz CT molecular complexity index is 572. The van der Waals surface area contributed by atoms with Crippen LogP contribution in [0.15, 0.2) is 22.6 Å². The Hall–Kier alpha value is -1.32. The van der Waals surface area contributed by atoms with E-state index in [0.29, 0.717) is 5.92 Å². The number of fused-ring (bicyclic) bond motifs is 1. The van der Waals surface area contributed by atoms with Crippen molar-refractivity contribution in [2.75, 3.05) is 20.3 Å². The van der Waals surface area contributed by atoms with E-state index in [-0.39, 0.29) is 0 Å². The van der Waals surface area contributed by atoms with Crippen LogP contribution in [0.1, 0.15) is 37.7 Å². The molecular weight excluding hydrogens is 262 g/mol. The van der Waals surface area contributed by atoms with Crippen molar-refractivity contribution in [3.05, 3.63) is 35.1 Å². The first-order chi connectivity index (χ1) is 10.2. The zero-order valence-electron chi connectivity index (χ0n) is 13.7. The van der Waals surface area contributed by atoms with Crippen molar-refractivity contribution < 1.29 is 9.15 Å². The van der Waals surface area contributed by atoms with Gasteiger partial charge in [-0.1, -0.05) is 26.8 Å². The van der Waals surface area contributed by atoms with Crippen molar-refractivity contribution in [3.63, 3.8) is 0 Å². The van der Waals surface area contributed by atoms with Crippen molar-refractivity contribution >= 4 is 11.0 Å². The number of hydrogen-bond acceptors (Lipinski definition) is 3. The predicted molar refractivity (Wildman–Crippen MR) is 87.7 cm³/mol. The van der Waals surface area contributed by atoms with E-state index >= 15 is 0 Å². The van der Waals surface area contributed by atoms with Crippen LogP contribution in [0.25, 0.3) is 11.0 Å². The molecule has 0 aliphatic carbocycles. The van der Waals surface area contributed by atoms with Crippen LogP contribution in [-0.2, 0) is 24.1 Å². The smallest absolute Gasteiger partial charge is 0.134 e. The standard InChI is InChI=1S/C18H27NO2/c1-5-15-16-10-14(8-9-20-4)6-7-17(16)21-18(15)12-19-11-13(2)3/h6-7,10,13,19H,5,8-9,11-12H2,1-4H3. The van der Waals surface area contributed by atoms with Gasteiger partial charge in [-0.05, 0) is 43.0 Å². The van der Waals surface area contributed by atoms with Crippen molar-refractivity contribution in [3.8, 4) is 0 Å². The van der Waals surface area contributed by atoms with Crippen molar-refractivity contribution in [1.82, 2.24) is 5.32 Å². The maximum atomic E-state index is 6.04. The molecule has 3 heteroatoms. The summed E-state index contributed by atoms with van der Waals surface area (Å²) in [4.78, 5) is 0. The number of methoxy groups -OCH3 is 1. The highest BCUT2D eigenvalue weighted by molar-refractivity contribution is 5.83. The van der Waals surface area contributed by atoms with Gasteiger partial charge in [0.05, 0.1) is 13.2 Å². The van der Waals surface area contributed by atoms with Gasteiger partial charge < -0.3 is 14.5 Å². The Morgan fingerprint density at radius 1 is 1.29 bits per heavy atom. The SMILES string of the molecule is CCc1c(CNCC(C)C)oc2ccc(CCOC)cc12. The van der Waals surface area contributed by atoms with Crippen LogP contribution < -0.4 is 5.32 Å². The van der Waals surface area contributed by atoms with Crippen LogP contribution in [-0.4, -0.2) is 20.3 Å². The molecule has 1 aromatic heterocycles. The zero-order valence-corrected chi connectivity index (χ0v) is 13.7. The van der Waals surface area contributed by atoms with E-state index in [1.54, 1.807) is 7.11 Å². The average Bonchev–Trinajstić information content (AvgIpc) is 2.81. The first-order valence-corrected chi connectivity index (χ1v) is 7.88. The molecule has 3 nitrogen and oxygen atoms in total. The Balaban J connectivity index is 2.22. The first kappa shape index (κ1) is 16.1. The van der Waals surface area contributed by atoms with Gasteiger partial charge in [0.25, 0.3) is 0 Å². The van der Waals surface area contributed by atoms with Gasteiger partial charge in [0.15, 0.2) is 0 Å². The molecule has 0 atom stereocenters. The quantitative estimate of drug-likeness (QED) is 0.799. The third-order valence-electron chi connectivity index (χ3n) is 3.73. The Morgan fingerprint density at radius 2 is 2.10 bits per heavy atom. The Kier molecular flexibility index (Phi) is 5.83. The first-order valence-electron chi connectivity index (χ1n) is 7.88. The molecule has 0 aliphatic heterocycles. The van der Waals surface area contributed by atoms with E-state index < -0.39 is 0 Å². The normalized spacial score (nSPS) is 11.7. The fraction of sp³-hybridized carbons (Fsp3) is 0.556. The van der Waals surface area contributed by atoms with E-state index in [2.05, 4.69) is 44.3 Å². The summed E-state index contributed by atoms with van der Waals surface area (Å²) in [6.45, 7) is 9.21. The summed E-state index contributed by atoms with van der Waals surface area (Å²) in [5, 5.41) is 4.73. The molecule has 116 valence electrons. The highest BCUT2D eigenvalue weighted by Gasteiger charge is 2.13. The van der Waals surface area contributed by atoms with Crippen LogP contribution in [0.4, 0.5) is 0 Å². The number of nitrogens with one attached hydrogen (secondary N) is 1.